The minimum Gasteiger partial charge on any atom is -0.493 e. The first-order valence-electron chi connectivity index (χ1n) is 5.98. The molecule has 0 saturated heterocycles. The molecular weight excluding hydrogens is 296 g/mol. The molecule has 1 aromatic rings. The molecule has 1 N–H and O–H groups in total. The van der Waals surface area contributed by atoms with Crippen LogP contribution in [0.25, 0.3) is 0 Å². The zero-order chi connectivity index (χ0) is 13.9. The van der Waals surface area contributed by atoms with Crippen molar-refractivity contribution in [2.45, 2.75) is 39.2 Å². The summed E-state index contributed by atoms with van der Waals surface area (Å²) in [6.45, 7) is 7.92. The van der Waals surface area contributed by atoms with Crippen molar-refractivity contribution < 1.29 is 14.6 Å². The molecule has 0 spiro atoms. The van der Waals surface area contributed by atoms with Gasteiger partial charge in [0.25, 0.3) is 0 Å². The predicted octanol–water partition coefficient (Wildman–Crippen LogP) is 3.51. The topological polar surface area (TPSA) is 38.7 Å². The van der Waals surface area contributed by atoms with E-state index in [1.807, 2.05) is 39.8 Å². The van der Waals surface area contributed by atoms with Crippen molar-refractivity contribution >= 4 is 15.9 Å². The Kier molecular flexibility index (Phi) is 5.05. The summed E-state index contributed by atoms with van der Waals surface area (Å²) in [7, 11) is 1.62. The molecule has 18 heavy (non-hydrogen) atoms. The first kappa shape index (κ1) is 15.3. The van der Waals surface area contributed by atoms with Gasteiger partial charge in [0.1, 0.15) is 0 Å². The third-order valence-electron chi connectivity index (χ3n) is 2.72. The highest BCUT2D eigenvalue weighted by molar-refractivity contribution is 9.10. The Labute approximate surface area is 117 Å². The van der Waals surface area contributed by atoms with Gasteiger partial charge in [0.2, 0.25) is 0 Å². The first-order valence-corrected chi connectivity index (χ1v) is 6.77. The SMILES string of the molecule is COc1ccc(Br)c(C(C)(C)CO)c1OC(C)C. The average molecular weight is 317 g/mol. The van der Waals surface area contributed by atoms with E-state index in [-0.39, 0.29) is 12.7 Å². The summed E-state index contributed by atoms with van der Waals surface area (Å²) in [6.07, 6.45) is 0.0430. The summed E-state index contributed by atoms with van der Waals surface area (Å²) in [4.78, 5) is 0. The molecule has 0 unspecified atom stereocenters. The number of rotatable bonds is 5. The Morgan fingerprint density at radius 3 is 2.39 bits per heavy atom. The van der Waals surface area contributed by atoms with Crippen molar-refractivity contribution in [2.24, 2.45) is 0 Å². The van der Waals surface area contributed by atoms with E-state index < -0.39 is 5.41 Å². The van der Waals surface area contributed by atoms with Gasteiger partial charge in [-0.2, -0.15) is 0 Å². The minimum atomic E-state index is -0.405. The van der Waals surface area contributed by atoms with Crippen LogP contribution in [0.4, 0.5) is 0 Å². The van der Waals surface area contributed by atoms with Gasteiger partial charge in [-0.15, -0.1) is 0 Å². The fourth-order valence-electron chi connectivity index (χ4n) is 1.76. The number of methoxy groups -OCH3 is 1. The largest absolute Gasteiger partial charge is 0.493 e. The van der Waals surface area contributed by atoms with E-state index in [1.165, 1.54) is 0 Å². The second-order valence-corrected chi connectivity index (χ2v) is 6.02. The maximum atomic E-state index is 9.58. The van der Waals surface area contributed by atoms with Gasteiger partial charge in [-0.05, 0) is 26.0 Å². The van der Waals surface area contributed by atoms with Gasteiger partial charge in [0, 0.05) is 15.5 Å². The van der Waals surface area contributed by atoms with E-state index in [0.717, 1.165) is 10.0 Å². The van der Waals surface area contributed by atoms with Crippen LogP contribution in [-0.2, 0) is 5.41 Å². The zero-order valence-electron chi connectivity index (χ0n) is 11.6. The van der Waals surface area contributed by atoms with E-state index >= 15 is 0 Å². The summed E-state index contributed by atoms with van der Waals surface area (Å²) in [5, 5.41) is 9.58. The highest BCUT2D eigenvalue weighted by atomic mass is 79.9. The van der Waals surface area contributed by atoms with Crippen molar-refractivity contribution in [3.05, 3.63) is 22.2 Å². The highest BCUT2D eigenvalue weighted by Crippen LogP contribution is 2.43. The lowest BCUT2D eigenvalue weighted by atomic mass is 9.84. The van der Waals surface area contributed by atoms with Crippen LogP contribution in [0.5, 0.6) is 11.5 Å². The number of ether oxygens (including phenoxy) is 2. The standard InChI is InChI=1S/C14H21BrO3/c1-9(2)18-13-11(17-5)7-6-10(15)12(13)14(3,4)8-16/h6-7,9,16H,8H2,1-5H3. The monoisotopic (exact) mass is 316 g/mol. The van der Waals surface area contributed by atoms with E-state index in [9.17, 15) is 5.11 Å². The predicted molar refractivity (Wildman–Crippen MR) is 76.6 cm³/mol. The van der Waals surface area contributed by atoms with Gasteiger partial charge in [0.05, 0.1) is 19.8 Å². The van der Waals surface area contributed by atoms with Gasteiger partial charge in [-0.1, -0.05) is 29.8 Å². The van der Waals surface area contributed by atoms with Gasteiger partial charge in [-0.25, -0.2) is 0 Å². The molecule has 0 fully saturated rings. The lowest BCUT2D eigenvalue weighted by molar-refractivity contribution is 0.196. The average Bonchev–Trinajstić information content (AvgIpc) is 2.28. The molecule has 102 valence electrons. The molecule has 0 heterocycles. The maximum absolute atomic E-state index is 9.58. The van der Waals surface area contributed by atoms with Crippen LogP contribution in [0.1, 0.15) is 33.3 Å². The van der Waals surface area contributed by atoms with E-state index in [0.29, 0.717) is 11.5 Å². The molecule has 1 aromatic carbocycles. The molecule has 1 rings (SSSR count). The third kappa shape index (κ3) is 3.18. The van der Waals surface area contributed by atoms with Crippen molar-refractivity contribution in [2.75, 3.05) is 13.7 Å². The Bertz CT molecular complexity index is 414. The van der Waals surface area contributed by atoms with Crippen molar-refractivity contribution in [1.29, 1.82) is 0 Å². The molecule has 0 amide bonds. The molecule has 0 radical (unpaired) electrons. The van der Waals surface area contributed by atoms with Crippen molar-refractivity contribution in [3.8, 4) is 11.5 Å². The Morgan fingerprint density at radius 2 is 1.94 bits per heavy atom. The molecule has 0 saturated carbocycles. The quantitative estimate of drug-likeness (QED) is 0.903. The molecule has 0 aliphatic carbocycles. The summed E-state index contributed by atoms with van der Waals surface area (Å²) in [6, 6.07) is 3.78. The second kappa shape index (κ2) is 5.93. The zero-order valence-corrected chi connectivity index (χ0v) is 13.2. The molecule has 0 bridgehead atoms. The maximum Gasteiger partial charge on any atom is 0.166 e. The van der Waals surface area contributed by atoms with Crippen molar-refractivity contribution in [1.82, 2.24) is 0 Å². The lowest BCUT2D eigenvalue weighted by Gasteiger charge is -2.28. The van der Waals surface area contributed by atoms with Crippen LogP contribution in [0.15, 0.2) is 16.6 Å². The smallest absolute Gasteiger partial charge is 0.166 e. The number of hydrogen-bond acceptors (Lipinski definition) is 3. The van der Waals surface area contributed by atoms with Gasteiger partial charge in [0.15, 0.2) is 11.5 Å². The number of aliphatic hydroxyl groups is 1. The second-order valence-electron chi connectivity index (χ2n) is 5.16. The van der Waals surface area contributed by atoms with Gasteiger partial charge >= 0.3 is 0 Å². The van der Waals surface area contributed by atoms with E-state index in [1.54, 1.807) is 7.11 Å². The minimum absolute atomic E-state index is 0.0349. The molecule has 0 atom stereocenters. The Balaban J connectivity index is 3.45. The number of halogens is 1. The van der Waals surface area contributed by atoms with Crippen LogP contribution in [-0.4, -0.2) is 24.9 Å². The lowest BCUT2D eigenvalue weighted by Crippen LogP contribution is -2.25. The third-order valence-corrected chi connectivity index (χ3v) is 3.38. The summed E-state index contributed by atoms with van der Waals surface area (Å²) in [5.41, 5.74) is 0.524. The highest BCUT2D eigenvalue weighted by Gasteiger charge is 2.29. The van der Waals surface area contributed by atoms with E-state index in [2.05, 4.69) is 15.9 Å². The summed E-state index contributed by atoms with van der Waals surface area (Å²) < 4.78 is 12.1. The number of benzene rings is 1. The summed E-state index contributed by atoms with van der Waals surface area (Å²) in [5.74, 6) is 1.38. The first-order chi connectivity index (χ1) is 8.33. The van der Waals surface area contributed by atoms with Crippen LogP contribution in [0.3, 0.4) is 0 Å². The number of hydrogen-bond donors (Lipinski definition) is 1. The van der Waals surface area contributed by atoms with Crippen molar-refractivity contribution in [3.63, 3.8) is 0 Å². The normalized spacial score (nSPS) is 11.8. The molecule has 0 aromatic heterocycles. The van der Waals surface area contributed by atoms with Crippen LogP contribution < -0.4 is 9.47 Å². The number of aliphatic hydroxyl groups excluding tert-OH is 1. The molecular formula is C14H21BrO3. The Morgan fingerprint density at radius 1 is 1.33 bits per heavy atom. The summed E-state index contributed by atoms with van der Waals surface area (Å²) >= 11 is 3.53. The van der Waals surface area contributed by atoms with Gasteiger partial charge in [-0.3, -0.25) is 0 Å². The fourth-order valence-corrected chi connectivity index (χ4v) is 2.61. The van der Waals surface area contributed by atoms with Crippen LogP contribution >= 0.6 is 15.9 Å². The molecule has 3 nitrogen and oxygen atoms in total. The fraction of sp³-hybridized carbons (Fsp3) is 0.571. The van der Waals surface area contributed by atoms with Crippen LogP contribution in [0, 0.1) is 0 Å². The molecule has 0 aliphatic heterocycles. The molecule has 4 heteroatoms. The van der Waals surface area contributed by atoms with Gasteiger partial charge < -0.3 is 14.6 Å². The van der Waals surface area contributed by atoms with E-state index in [4.69, 9.17) is 9.47 Å². The molecule has 0 aliphatic rings. The van der Waals surface area contributed by atoms with Crippen LogP contribution in [0.2, 0.25) is 0 Å². The Hall–Kier alpha value is -0.740.